The Labute approximate surface area is 151 Å². The predicted octanol–water partition coefficient (Wildman–Crippen LogP) is 4.91. The van der Waals surface area contributed by atoms with Gasteiger partial charge in [-0.3, -0.25) is 14.9 Å². The summed E-state index contributed by atoms with van der Waals surface area (Å²) in [5.41, 5.74) is 2.91. The van der Waals surface area contributed by atoms with Crippen molar-refractivity contribution >= 4 is 28.2 Å². The minimum atomic E-state index is -0.473. The summed E-state index contributed by atoms with van der Waals surface area (Å²) in [7, 11) is 0. The van der Waals surface area contributed by atoms with Gasteiger partial charge < -0.3 is 9.88 Å². The van der Waals surface area contributed by atoms with Crippen LogP contribution >= 0.6 is 0 Å². The smallest absolute Gasteiger partial charge is 0.272 e. The van der Waals surface area contributed by atoms with Crippen molar-refractivity contribution in [3.05, 3.63) is 69.9 Å². The highest BCUT2D eigenvalue weighted by Gasteiger charge is 2.20. The fraction of sp³-hybridized carbons (Fsp3) is 0.250. The van der Waals surface area contributed by atoms with Crippen LogP contribution in [0.25, 0.3) is 10.9 Å². The molecule has 134 valence electrons. The van der Waals surface area contributed by atoms with Gasteiger partial charge in [0.1, 0.15) is 5.69 Å². The highest BCUT2D eigenvalue weighted by atomic mass is 16.6. The van der Waals surface area contributed by atoms with E-state index in [1.807, 2.05) is 35.8 Å². The molecule has 0 spiro atoms. The van der Waals surface area contributed by atoms with Crippen LogP contribution in [0.1, 0.15) is 35.8 Å². The van der Waals surface area contributed by atoms with E-state index in [0.29, 0.717) is 11.4 Å². The van der Waals surface area contributed by atoms with E-state index in [4.69, 9.17) is 0 Å². The van der Waals surface area contributed by atoms with Crippen LogP contribution in [0.3, 0.4) is 0 Å². The van der Waals surface area contributed by atoms with Crippen molar-refractivity contribution in [1.29, 1.82) is 0 Å². The van der Waals surface area contributed by atoms with E-state index in [2.05, 4.69) is 12.2 Å². The lowest BCUT2D eigenvalue weighted by atomic mass is 10.1. The van der Waals surface area contributed by atoms with Crippen LogP contribution in [0, 0.1) is 17.0 Å². The summed E-state index contributed by atoms with van der Waals surface area (Å²) in [6, 6.07) is 13.9. The maximum atomic E-state index is 13.0. The van der Waals surface area contributed by atoms with Crippen molar-refractivity contribution in [2.45, 2.75) is 33.2 Å². The SMILES string of the molecule is CCCCn1c(C(=O)Nc2cccc([N+](=O)[O-])c2)c(C)c2ccccc21. The predicted molar refractivity (Wildman–Crippen MR) is 103 cm³/mol. The zero-order chi connectivity index (χ0) is 18.7. The summed E-state index contributed by atoms with van der Waals surface area (Å²) in [6.45, 7) is 4.80. The van der Waals surface area contributed by atoms with E-state index >= 15 is 0 Å². The van der Waals surface area contributed by atoms with Crippen LogP contribution in [0.2, 0.25) is 0 Å². The minimum Gasteiger partial charge on any atom is -0.336 e. The first-order valence-corrected chi connectivity index (χ1v) is 8.66. The second-order valence-corrected chi connectivity index (χ2v) is 6.26. The maximum absolute atomic E-state index is 13.0. The van der Waals surface area contributed by atoms with Gasteiger partial charge in [0.15, 0.2) is 0 Å². The average Bonchev–Trinajstić information content (AvgIpc) is 2.92. The first kappa shape index (κ1) is 17.7. The molecule has 0 saturated heterocycles. The third-order valence-corrected chi connectivity index (χ3v) is 4.49. The molecule has 0 radical (unpaired) electrons. The van der Waals surface area contributed by atoms with Crippen LogP contribution in [0.15, 0.2) is 48.5 Å². The van der Waals surface area contributed by atoms with Gasteiger partial charge in [-0.1, -0.05) is 37.6 Å². The zero-order valence-electron chi connectivity index (χ0n) is 14.9. The number of hydrogen-bond acceptors (Lipinski definition) is 3. The monoisotopic (exact) mass is 351 g/mol. The second kappa shape index (κ2) is 7.39. The van der Waals surface area contributed by atoms with Crippen LogP contribution < -0.4 is 5.32 Å². The number of nitrogens with one attached hydrogen (secondary N) is 1. The van der Waals surface area contributed by atoms with E-state index in [9.17, 15) is 14.9 Å². The molecule has 0 bridgehead atoms. The fourth-order valence-electron chi connectivity index (χ4n) is 3.21. The molecule has 0 saturated carbocycles. The van der Waals surface area contributed by atoms with Crippen molar-refractivity contribution in [3.8, 4) is 0 Å². The summed E-state index contributed by atoms with van der Waals surface area (Å²) in [5.74, 6) is -0.254. The Balaban J connectivity index is 2.01. The van der Waals surface area contributed by atoms with Crippen molar-refractivity contribution < 1.29 is 9.72 Å². The number of carbonyl (C=O) groups excluding carboxylic acids is 1. The summed E-state index contributed by atoms with van der Waals surface area (Å²) < 4.78 is 2.04. The molecule has 26 heavy (non-hydrogen) atoms. The average molecular weight is 351 g/mol. The highest BCUT2D eigenvalue weighted by Crippen LogP contribution is 2.27. The zero-order valence-corrected chi connectivity index (χ0v) is 14.9. The number of nitrogens with zero attached hydrogens (tertiary/aromatic N) is 2. The topological polar surface area (TPSA) is 77.2 Å². The number of unbranched alkanes of at least 4 members (excludes halogenated alkanes) is 1. The number of carbonyl (C=O) groups is 1. The number of para-hydroxylation sites is 1. The summed E-state index contributed by atoms with van der Waals surface area (Å²) in [4.78, 5) is 23.4. The molecular formula is C20H21N3O3. The molecule has 3 aromatic rings. The van der Waals surface area contributed by atoms with Gasteiger partial charge in [-0.2, -0.15) is 0 Å². The first-order chi connectivity index (χ1) is 12.5. The number of nitro groups is 1. The van der Waals surface area contributed by atoms with E-state index in [1.54, 1.807) is 12.1 Å². The lowest BCUT2D eigenvalue weighted by molar-refractivity contribution is -0.384. The van der Waals surface area contributed by atoms with Crippen LogP contribution in [-0.4, -0.2) is 15.4 Å². The number of nitro benzene ring substituents is 1. The van der Waals surface area contributed by atoms with Crippen LogP contribution in [-0.2, 0) is 6.54 Å². The van der Waals surface area contributed by atoms with Crippen LogP contribution in [0.4, 0.5) is 11.4 Å². The van der Waals surface area contributed by atoms with Gasteiger partial charge in [-0.15, -0.1) is 0 Å². The van der Waals surface area contributed by atoms with Crippen molar-refractivity contribution in [3.63, 3.8) is 0 Å². The van der Waals surface area contributed by atoms with Gasteiger partial charge in [-0.25, -0.2) is 0 Å². The molecule has 2 aromatic carbocycles. The molecule has 1 aromatic heterocycles. The number of amides is 1. The Kier molecular flexibility index (Phi) is 5.02. The third-order valence-electron chi connectivity index (χ3n) is 4.49. The van der Waals surface area contributed by atoms with E-state index in [1.165, 1.54) is 12.1 Å². The second-order valence-electron chi connectivity index (χ2n) is 6.26. The third kappa shape index (κ3) is 3.31. The normalized spacial score (nSPS) is 10.8. The molecule has 6 heteroatoms. The maximum Gasteiger partial charge on any atom is 0.272 e. The first-order valence-electron chi connectivity index (χ1n) is 8.66. The number of non-ortho nitro benzene ring substituents is 1. The molecule has 0 unspecified atom stereocenters. The number of rotatable bonds is 6. The Morgan fingerprint density at radius 3 is 2.69 bits per heavy atom. The molecule has 1 amide bonds. The Morgan fingerprint density at radius 1 is 1.19 bits per heavy atom. The van der Waals surface area contributed by atoms with Gasteiger partial charge >= 0.3 is 0 Å². The van der Waals surface area contributed by atoms with Gasteiger partial charge in [0.05, 0.1) is 4.92 Å². The Morgan fingerprint density at radius 2 is 1.96 bits per heavy atom. The van der Waals surface area contributed by atoms with Gasteiger partial charge in [-0.05, 0) is 31.0 Å². The number of aryl methyl sites for hydroxylation is 2. The lowest BCUT2D eigenvalue weighted by Gasteiger charge is -2.11. The Bertz CT molecular complexity index is 976. The molecule has 0 aliphatic heterocycles. The number of fused-ring (bicyclic) bond motifs is 1. The molecule has 1 N–H and O–H groups in total. The molecule has 6 nitrogen and oxygen atoms in total. The number of hydrogen-bond donors (Lipinski definition) is 1. The van der Waals surface area contributed by atoms with Crippen LogP contribution in [0.5, 0.6) is 0 Å². The molecule has 3 rings (SSSR count). The molecule has 0 atom stereocenters. The number of benzene rings is 2. The highest BCUT2D eigenvalue weighted by molar-refractivity contribution is 6.08. The minimum absolute atomic E-state index is 0.0500. The molecule has 0 fully saturated rings. The van der Waals surface area contributed by atoms with Gasteiger partial charge in [0, 0.05) is 35.3 Å². The van der Waals surface area contributed by atoms with E-state index in [0.717, 1.165) is 35.9 Å². The van der Waals surface area contributed by atoms with E-state index < -0.39 is 4.92 Å². The van der Waals surface area contributed by atoms with Gasteiger partial charge in [0.25, 0.3) is 11.6 Å². The molecular weight excluding hydrogens is 330 g/mol. The summed E-state index contributed by atoms with van der Waals surface area (Å²) in [6.07, 6.45) is 1.99. The standard InChI is InChI=1S/C20H21N3O3/c1-3-4-12-22-18-11-6-5-10-17(18)14(2)19(22)20(24)21-15-8-7-9-16(13-15)23(25)26/h5-11,13H,3-4,12H2,1-2H3,(H,21,24). The molecule has 0 aliphatic rings. The summed E-state index contributed by atoms with van der Waals surface area (Å²) >= 11 is 0. The molecule has 1 heterocycles. The largest absolute Gasteiger partial charge is 0.336 e. The van der Waals surface area contributed by atoms with Gasteiger partial charge in [0.2, 0.25) is 0 Å². The Hall–Kier alpha value is -3.15. The lowest BCUT2D eigenvalue weighted by Crippen LogP contribution is -2.18. The fourth-order valence-corrected chi connectivity index (χ4v) is 3.21. The van der Waals surface area contributed by atoms with Crippen molar-refractivity contribution in [2.75, 3.05) is 5.32 Å². The number of anilines is 1. The summed E-state index contributed by atoms with van der Waals surface area (Å²) in [5, 5.41) is 14.8. The van der Waals surface area contributed by atoms with E-state index in [-0.39, 0.29) is 11.6 Å². The molecule has 0 aliphatic carbocycles. The van der Waals surface area contributed by atoms with Crippen molar-refractivity contribution in [1.82, 2.24) is 4.57 Å². The number of aromatic nitrogens is 1. The van der Waals surface area contributed by atoms with Crippen molar-refractivity contribution in [2.24, 2.45) is 0 Å². The quantitative estimate of drug-likeness (QED) is 0.506.